The van der Waals surface area contributed by atoms with Crippen LogP contribution in [0.4, 0.5) is 4.39 Å². The molecule has 0 aromatic heterocycles. The van der Waals surface area contributed by atoms with Gasteiger partial charge < -0.3 is 5.11 Å². The molecule has 1 aliphatic heterocycles. The first-order valence-electron chi connectivity index (χ1n) is 5.31. The summed E-state index contributed by atoms with van der Waals surface area (Å²) in [5.74, 6) is -2.32. The molecule has 1 aromatic rings. The number of benzene rings is 1. The average Bonchev–Trinajstić information content (AvgIpc) is 2.18. The van der Waals surface area contributed by atoms with Crippen molar-refractivity contribution in [2.24, 2.45) is 5.92 Å². The van der Waals surface area contributed by atoms with Crippen LogP contribution in [0.1, 0.15) is 5.56 Å². The van der Waals surface area contributed by atoms with E-state index in [2.05, 4.69) is 0 Å². The van der Waals surface area contributed by atoms with Gasteiger partial charge in [-0.1, -0.05) is 6.07 Å². The van der Waals surface area contributed by atoms with Crippen LogP contribution in [0, 0.1) is 18.7 Å². The molecule has 1 aromatic carbocycles. The van der Waals surface area contributed by atoms with E-state index in [1.807, 2.05) is 0 Å². The Labute approximate surface area is 104 Å². The summed E-state index contributed by atoms with van der Waals surface area (Å²) in [7, 11) is -3.79. The van der Waals surface area contributed by atoms with E-state index in [4.69, 9.17) is 5.11 Å². The Balaban J connectivity index is 2.28. The number of sulfonamides is 1. The lowest BCUT2D eigenvalue weighted by atomic mass is 10.0. The third-order valence-electron chi connectivity index (χ3n) is 2.97. The van der Waals surface area contributed by atoms with Gasteiger partial charge in [-0.05, 0) is 24.6 Å². The normalized spacial score (nSPS) is 17.4. The van der Waals surface area contributed by atoms with Gasteiger partial charge in [-0.2, -0.15) is 4.31 Å². The quantitative estimate of drug-likeness (QED) is 0.885. The number of hydrogen-bond acceptors (Lipinski definition) is 3. The highest BCUT2D eigenvalue weighted by molar-refractivity contribution is 7.89. The Hall–Kier alpha value is -1.47. The van der Waals surface area contributed by atoms with Gasteiger partial charge in [-0.25, -0.2) is 12.8 Å². The summed E-state index contributed by atoms with van der Waals surface area (Å²) in [5, 5.41) is 8.70. The van der Waals surface area contributed by atoms with Crippen molar-refractivity contribution in [3.8, 4) is 0 Å². The van der Waals surface area contributed by atoms with Gasteiger partial charge in [0, 0.05) is 13.1 Å². The molecule has 0 saturated carbocycles. The van der Waals surface area contributed by atoms with Crippen molar-refractivity contribution in [3.63, 3.8) is 0 Å². The third kappa shape index (κ3) is 2.11. The van der Waals surface area contributed by atoms with Gasteiger partial charge >= 0.3 is 5.97 Å². The minimum atomic E-state index is -3.79. The molecule has 1 saturated heterocycles. The molecule has 7 heteroatoms. The Kier molecular flexibility index (Phi) is 3.12. The molecule has 2 rings (SSSR count). The molecule has 1 N–H and O–H groups in total. The van der Waals surface area contributed by atoms with Crippen LogP contribution in [0.5, 0.6) is 0 Å². The summed E-state index contributed by atoms with van der Waals surface area (Å²) in [4.78, 5) is 10.5. The van der Waals surface area contributed by atoms with Gasteiger partial charge in [0.2, 0.25) is 10.0 Å². The number of aryl methyl sites for hydroxylation is 1. The summed E-state index contributed by atoms with van der Waals surface area (Å²) in [5.41, 5.74) is 0.440. The van der Waals surface area contributed by atoms with Crippen LogP contribution in [0.2, 0.25) is 0 Å². The second-order valence-electron chi connectivity index (χ2n) is 4.27. The van der Waals surface area contributed by atoms with E-state index in [-0.39, 0.29) is 18.0 Å². The fraction of sp³-hybridized carbons (Fsp3) is 0.364. The first kappa shape index (κ1) is 13.0. The predicted molar refractivity (Wildman–Crippen MR) is 61.0 cm³/mol. The van der Waals surface area contributed by atoms with E-state index in [0.717, 1.165) is 10.4 Å². The Bertz CT molecular complexity index is 593. The van der Waals surface area contributed by atoms with Crippen molar-refractivity contribution in [1.82, 2.24) is 4.31 Å². The number of halogens is 1. The van der Waals surface area contributed by atoms with Crippen LogP contribution < -0.4 is 0 Å². The van der Waals surface area contributed by atoms with Crippen molar-refractivity contribution >= 4 is 16.0 Å². The minimum Gasteiger partial charge on any atom is -0.481 e. The Morgan fingerprint density at radius 3 is 2.61 bits per heavy atom. The molecule has 0 bridgehead atoms. The van der Waals surface area contributed by atoms with E-state index >= 15 is 0 Å². The van der Waals surface area contributed by atoms with Crippen LogP contribution in [0.25, 0.3) is 0 Å². The highest BCUT2D eigenvalue weighted by Crippen LogP contribution is 2.27. The van der Waals surface area contributed by atoms with Gasteiger partial charge in [-0.3, -0.25) is 4.79 Å². The van der Waals surface area contributed by atoms with Gasteiger partial charge in [0.1, 0.15) is 5.82 Å². The van der Waals surface area contributed by atoms with Gasteiger partial charge in [0.15, 0.2) is 0 Å². The van der Waals surface area contributed by atoms with Crippen molar-refractivity contribution in [1.29, 1.82) is 0 Å². The molecular weight excluding hydrogens is 261 g/mol. The monoisotopic (exact) mass is 273 g/mol. The Morgan fingerprint density at radius 2 is 2.06 bits per heavy atom. The predicted octanol–water partition coefficient (Wildman–Crippen LogP) is 0.839. The maximum Gasteiger partial charge on any atom is 0.309 e. The maximum absolute atomic E-state index is 13.1. The number of carboxylic acids is 1. The molecule has 0 atom stereocenters. The molecule has 0 aliphatic carbocycles. The fourth-order valence-electron chi connectivity index (χ4n) is 1.78. The summed E-state index contributed by atoms with van der Waals surface area (Å²) in [6.07, 6.45) is 0. The van der Waals surface area contributed by atoms with Gasteiger partial charge in [0.25, 0.3) is 0 Å². The second-order valence-corrected chi connectivity index (χ2v) is 6.17. The van der Waals surface area contributed by atoms with E-state index in [0.29, 0.717) is 5.56 Å². The van der Waals surface area contributed by atoms with Crippen molar-refractivity contribution < 1.29 is 22.7 Å². The zero-order valence-electron chi connectivity index (χ0n) is 9.63. The van der Waals surface area contributed by atoms with Crippen LogP contribution >= 0.6 is 0 Å². The molecule has 1 heterocycles. The minimum absolute atomic E-state index is 0.0619. The van der Waals surface area contributed by atoms with Crippen molar-refractivity contribution in [2.45, 2.75) is 11.8 Å². The third-order valence-corrected chi connectivity index (χ3v) is 4.94. The molecule has 5 nitrogen and oxygen atoms in total. The molecule has 0 amide bonds. The summed E-state index contributed by atoms with van der Waals surface area (Å²) in [6, 6.07) is 3.53. The number of hydrogen-bond donors (Lipinski definition) is 1. The van der Waals surface area contributed by atoms with Crippen LogP contribution in [-0.4, -0.2) is 36.9 Å². The van der Waals surface area contributed by atoms with E-state index in [1.165, 1.54) is 12.1 Å². The number of carboxylic acid groups (broad SMARTS) is 1. The SMILES string of the molecule is Cc1ccc(F)cc1S(=O)(=O)N1CC(C(=O)O)C1. The Morgan fingerprint density at radius 1 is 1.44 bits per heavy atom. The topological polar surface area (TPSA) is 74.7 Å². The highest BCUT2D eigenvalue weighted by atomic mass is 32.2. The number of aliphatic carboxylic acids is 1. The summed E-state index contributed by atoms with van der Waals surface area (Å²) in [6.45, 7) is 1.45. The molecule has 98 valence electrons. The molecule has 18 heavy (non-hydrogen) atoms. The lowest BCUT2D eigenvalue weighted by Crippen LogP contribution is -2.52. The van der Waals surface area contributed by atoms with Crippen molar-refractivity contribution in [3.05, 3.63) is 29.6 Å². The van der Waals surface area contributed by atoms with Crippen molar-refractivity contribution in [2.75, 3.05) is 13.1 Å². The number of nitrogens with zero attached hydrogens (tertiary/aromatic N) is 1. The first-order valence-corrected chi connectivity index (χ1v) is 6.75. The maximum atomic E-state index is 13.1. The first-order chi connectivity index (χ1) is 8.32. The standard InChI is InChI=1S/C11H12FNO4S/c1-7-2-3-9(12)4-10(7)18(16,17)13-5-8(6-13)11(14)15/h2-4,8H,5-6H2,1H3,(H,14,15). The average molecular weight is 273 g/mol. The van der Waals surface area contributed by atoms with Crippen LogP contribution in [0.15, 0.2) is 23.1 Å². The molecule has 0 unspecified atom stereocenters. The molecule has 1 aliphatic rings. The summed E-state index contributed by atoms with van der Waals surface area (Å²) < 4.78 is 38.4. The summed E-state index contributed by atoms with van der Waals surface area (Å²) >= 11 is 0. The lowest BCUT2D eigenvalue weighted by Gasteiger charge is -2.35. The van der Waals surface area contributed by atoms with Gasteiger partial charge in [-0.15, -0.1) is 0 Å². The molecule has 1 fully saturated rings. The molecule has 0 spiro atoms. The molecule has 0 radical (unpaired) electrons. The van der Waals surface area contributed by atoms with E-state index in [1.54, 1.807) is 6.92 Å². The largest absolute Gasteiger partial charge is 0.481 e. The zero-order chi connectivity index (χ0) is 13.5. The number of carbonyl (C=O) groups is 1. The highest BCUT2D eigenvalue weighted by Gasteiger charge is 2.41. The van der Waals surface area contributed by atoms with Crippen LogP contribution in [-0.2, 0) is 14.8 Å². The van der Waals surface area contributed by atoms with Gasteiger partial charge in [0.05, 0.1) is 10.8 Å². The smallest absolute Gasteiger partial charge is 0.309 e. The molecular formula is C11H12FNO4S. The number of rotatable bonds is 3. The van der Waals surface area contributed by atoms with Crippen LogP contribution in [0.3, 0.4) is 0 Å². The lowest BCUT2D eigenvalue weighted by molar-refractivity contribution is -0.145. The fourth-order valence-corrected chi connectivity index (χ4v) is 3.55. The second kappa shape index (κ2) is 4.33. The van der Waals surface area contributed by atoms with E-state index < -0.39 is 27.7 Å². The zero-order valence-corrected chi connectivity index (χ0v) is 10.4. The van der Waals surface area contributed by atoms with E-state index in [9.17, 15) is 17.6 Å².